The van der Waals surface area contributed by atoms with Gasteiger partial charge in [0.15, 0.2) is 0 Å². The van der Waals surface area contributed by atoms with E-state index in [-0.39, 0.29) is 0 Å². The summed E-state index contributed by atoms with van der Waals surface area (Å²) in [5, 5.41) is 3.50. The summed E-state index contributed by atoms with van der Waals surface area (Å²) in [5.74, 6) is 0. The maximum absolute atomic E-state index is 5.92. The van der Waals surface area contributed by atoms with Crippen LogP contribution in [0.4, 0.5) is 0 Å². The molecule has 0 aliphatic carbocycles. The zero-order valence-electron chi connectivity index (χ0n) is 10.7. The molecule has 0 aromatic heterocycles. The highest BCUT2D eigenvalue weighted by molar-refractivity contribution is 4.81. The fourth-order valence-corrected chi connectivity index (χ4v) is 2.96. The van der Waals surface area contributed by atoms with Crippen molar-refractivity contribution in [1.82, 2.24) is 10.2 Å². The molecular weight excluding hydrogens is 200 g/mol. The van der Waals surface area contributed by atoms with E-state index in [2.05, 4.69) is 24.1 Å². The van der Waals surface area contributed by atoms with Gasteiger partial charge in [-0.1, -0.05) is 6.92 Å². The van der Waals surface area contributed by atoms with Crippen molar-refractivity contribution in [2.45, 2.75) is 57.8 Å². The Kier molecular flexibility index (Phi) is 4.62. The highest BCUT2D eigenvalue weighted by Gasteiger charge is 2.27. The van der Waals surface area contributed by atoms with Gasteiger partial charge in [0.05, 0.1) is 12.2 Å². The predicted molar refractivity (Wildman–Crippen MR) is 66.7 cm³/mol. The maximum atomic E-state index is 5.92. The van der Waals surface area contributed by atoms with Gasteiger partial charge in [0.25, 0.3) is 0 Å². The van der Waals surface area contributed by atoms with Crippen LogP contribution in [0.2, 0.25) is 0 Å². The number of ether oxygens (including phenoxy) is 1. The standard InChI is InChI=1S/C13H26N2O/c1-3-15(12-5-4-8-14-9-12)10-13-7-6-11(2)16-13/h11-14H,3-10H2,1-2H3. The van der Waals surface area contributed by atoms with E-state index in [1.165, 1.54) is 32.2 Å². The van der Waals surface area contributed by atoms with Crippen LogP contribution < -0.4 is 5.32 Å². The summed E-state index contributed by atoms with van der Waals surface area (Å²) < 4.78 is 5.92. The first kappa shape index (κ1) is 12.3. The van der Waals surface area contributed by atoms with Crippen LogP contribution >= 0.6 is 0 Å². The number of rotatable bonds is 4. The lowest BCUT2D eigenvalue weighted by atomic mass is 10.0. The number of hydrogen-bond acceptors (Lipinski definition) is 3. The Morgan fingerprint density at radius 1 is 1.31 bits per heavy atom. The molecule has 1 N–H and O–H groups in total. The molecular formula is C13H26N2O. The average Bonchev–Trinajstić information content (AvgIpc) is 2.73. The largest absolute Gasteiger partial charge is 0.374 e. The van der Waals surface area contributed by atoms with Crippen LogP contribution in [0.15, 0.2) is 0 Å². The average molecular weight is 226 g/mol. The van der Waals surface area contributed by atoms with Crippen molar-refractivity contribution in [1.29, 1.82) is 0 Å². The first-order valence-electron chi connectivity index (χ1n) is 6.89. The number of piperidine rings is 1. The second-order valence-corrected chi connectivity index (χ2v) is 5.23. The van der Waals surface area contributed by atoms with Crippen molar-refractivity contribution < 1.29 is 4.74 Å². The second-order valence-electron chi connectivity index (χ2n) is 5.23. The van der Waals surface area contributed by atoms with Gasteiger partial charge in [-0.25, -0.2) is 0 Å². The molecule has 2 saturated heterocycles. The van der Waals surface area contributed by atoms with Crippen molar-refractivity contribution in [2.75, 3.05) is 26.2 Å². The molecule has 2 heterocycles. The summed E-state index contributed by atoms with van der Waals surface area (Å²) in [5.41, 5.74) is 0. The molecule has 2 aliphatic rings. The van der Waals surface area contributed by atoms with Gasteiger partial charge in [-0.15, -0.1) is 0 Å². The predicted octanol–water partition coefficient (Wildman–Crippen LogP) is 1.63. The van der Waals surface area contributed by atoms with E-state index in [1.54, 1.807) is 0 Å². The van der Waals surface area contributed by atoms with Crippen molar-refractivity contribution in [2.24, 2.45) is 0 Å². The molecule has 2 fully saturated rings. The lowest BCUT2D eigenvalue weighted by molar-refractivity contribution is 0.0198. The van der Waals surface area contributed by atoms with Crippen molar-refractivity contribution in [3.8, 4) is 0 Å². The molecule has 16 heavy (non-hydrogen) atoms. The van der Waals surface area contributed by atoms with E-state index >= 15 is 0 Å². The van der Waals surface area contributed by atoms with Gasteiger partial charge in [-0.2, -0.15) is 0 Å². The Morgan fingerprint density at radius 2 is 2.19 bits per heavy atom. The van der Waals surface area contributed by atoms with Gasteiger partial charge in [0, 0.05) is 19.1 Å². The van der Waals surface area contributed by atoms with Crippen LogP contribution in [-0.2, 0) is 4.74 Å². The van der Waals surface area contributed by atoms with Crippen LogP contribution in [-0.4, -0.2) is 49.3 Å². The smallest absolute Gasteiger partial charge is 0.0706 e. The number of nitrogens with one attached hydrogen (secondary N) is 1. The van der Waals surface area contributed by atoms with E-state index in [1.807, 2.05) is 0 Å². The molecule has 0 amide bonds. The molecule has 0 spiro atoms. The Morgan fingerprint density at radius 3 is 2.75 bits per heavy atom. The summed E-state index contributed by atoms with van der Waals surface area (Å²) in [4.78, 5) is 2.61. The zero-order valence-corrected chi connectivity index (χ0v) is 10.7. The first-order chi connectivity index (χ1) is 7.79. The van der Waals surface area contributed by atoms with Crippen molar-refractivity contribution in [3.63, 3.8) is 0 Å². The van der Waals surface area contributed by atoms with Crippen LogP contribution in [0.5, 0.6) is 0 Å². The third-order valence-corrected chi connectivity index (χ3v) is 3.95. The third kappa shape index (κ3) is 3.19. The minimum absolute atomic E-state index is 0.480. The molecule has 2 aliphatic heterocycles. The maximum Gasteiger partial charge on any atom is 0.0706 e. The highest BCUT2D eigenvalue weighted by atomic mass is 16.5. The van der Waals surface area contributed by atoms with Crippen LogP contribution in [0.3, 0.4) is 0 Å². The van der Waals surface area contributed by atoms with Crippen LogP contribution in [0.1, 0.15) is 39.5 Å². The minimum atomic E-state index is 0.480. The molecule has 0 radical (unpaired) electrons. The lowest BCUT2D eigenvalue weighted by Crippen LogP contribution is -2.48. The van der Waals surface area contributed by atoms with E-state index in [9.17, 15) is 0 Å². The highest BCUT2D eigenvalue weighted by Crippen LogP contribution is 2.21. The van der Waals surface area contributed by atoms with Crippen LogP contribution in [0.25, 0.3) is 0 Å². The fraction of sp³-hybridized carbons (Fsp3) is 1.00. The molecule has 94 valence electrons. The number of hydrogen-bond donors (Lipinski definition) is 1. The van der Waals surface area contributed by atoms with Crippen molar-refractivity contribution >= 4 is 0 Å². The SMILES string of the molecule is CCN(CC1CCC(C)O1)C1CCCNC1. The Balaban J connectivity index is 1.80. The Hall–Kier alpha value is -0.120. The minimum Gasteiger partial charge on any atom is -0.374 e. The first-order valence-corrected chi connectivity index (χ1v) is 6.89. The molecule has 0 aromatic carbocycles. The molecule has 3 atom stereocenters. The van der Waals surface area contributed by atoms with E-state index < -0.39 is 0 Å². The summed E-state index contributed by atoms with van der Waals surface area (Å²) in [7, 11) is 0. The number of nitrogens with zero attached hydrogens (tertiary/aromatic N) is 1. The van der Waals surface area contributed by atoms with Gasteiger partial charge < -0.3 is 10.1 Å². The van der Waals surface area contributed by atoms with Crippen molar-refractivity contribution in [3.05, 3.63) is 0 Å². The van der Waals surface area contributed by atoms with E-state index in [0.29, 0.717) is 12.2 Å². The van der Waals surface area contributed by atoms with Gasteiger partial charge in [-0.05, 0) is 45.7 Å². The molecule has 0 saturated carbocycles. The monoisotopic (exact) mass is 226 g/mol. The zero-order chi connectivity index (χ0) is 11.4. The molecule has 3 nitrogen and oxygen atoms in total. The normalized spacial score (nSPS) is 35.8. The van der Waals surface area contributed by atoms with Gasteiger partial charge in [0.1, 0.15) is 0 Å². The summed E-state index contributed by atoms with van der Waals surface area (Å²) in [6.07, 6.45) is 6.12. The molecule has 0 aromatic rings. The molecule has 3 unspecified atom stereocenters. The van der Waals surface area contributed by atoms with Gasteiger partial charge >= 0.3 is 0 Å². The third-order valence-electron chi connectivity index (χ3n) is 3.95. The Labute approximate surface area is 99.5 Å². The summed E-state index contributed by atoms with van der Waals surface area (Å²) in [6, 6.07) is 0.734. The molecule has 2 rings (SSSR count). The Bertz CT molecular complexity index is 204. The fourth-order valence-electron chi connectivity index (χ4n) is 2.96. The molecule has 3 heteroatoms. The number of likely N-dealkylation sites (N-methyl/N-ethyl adjacent to an activating group) is 1. The van der Waals surface area contributed by atoms with Gasteiger partial charge in [0.2, 0.25) is 0 Å². The topological polar surface area (TPSA) is 24.5 Å². The second kappa shape index (κ2) is 5.99. The summed E-state index contributed by atoms with van der Waals surface area (Å²) >= 11 is 0. The van der Waals surface area contributed by atoms with E-state index in [4.69, 9.17) is 4.74 Å². The quantitative estimate of drug-likeness (QED) is 0.788. The molecule has 0 bridgehead atoms. The van der Waals surface area contributed by atoms with E-state index in [0.717, 1.165) is 25.7 Å². The summed E-state index contributed by atoms with van der Waals surface area (Å²) in [6.45, 7) is 9.11. The van der Waals surface area contributed by atoms with Crippen LogP contribution in [0, 0.1) is 0 Å². The lowest BCUT2D eigenvalue weighted by Gasteiger charge is -2.35. The van der Waals surface area contributed by atoms with Gasteiger partial charge in [-0.3, -0.25) is 4.90 Å².